The molecule has 7 aliphatic carbocycles. The first kappa shape index (κ1) is 47.3. The number of nitrogens with zero attached hydrogens (tertiary/aromatic N) is 2. The van der Waals surface area contributed by atoms with Gasteiger partial charge in [-0.2, -0.15) is 9.59 Å². The summed E-state index contributed by atoms with van der Waals surface area (Å²) in [6, 6.07) is 10.8. The summed E-state index contributed by atoms with van der Waals surface area (Å²) in [6.07, 6.45) is 15.9. The van der Waals surface area contributed by atoms with E-state index in [1.807, 2.05) is 20.8 Å². The Kier molecular flexibility index (Phi) is 12.0. The summed E-state index contributed by atoms with van der Waals surface area (Å²) in [6.45, 7) is 28.1. The van der Waals surface area contributed by atoms with Crippen molar-refractivity contribution >= 4 is 24.1 Å². The van der Waals surface area contributed by atoms with Gasteiger partial charge < -0.3 is 19.3 Å². The first-order valence-electron chi connectivity index (χ1n) is 25.4. The third-order valence-electron chi connectivity index (χ3n) is 21.3. The number of hydrogen-bond donors (Lipinski definition) is 0. The molecule has 354 valence electrons. The Morgan fingerprint density at radius 2 is 1.33 bits per heavy atom. The minimum Gasteiger partial charge on any atom is -0.462 e. The van der Waals surface area contributed by atoms with Crippen LogP contribution in [-0.4, -0.2) is 71.8 Å². The fraction of sp³-hybridized carbons (Fsp3) is 0.818. The summed E-state index contributed by atoms with van der Waals surface area (Å²) >= 11 is 0. The predicted molar refractivity (Wildman–Crippen MR) is 246 cm³/mol. The van der Waals surface area contributed by atoms with Gasteiger partial charge in [0.25, 0.3) is 0 Å². The second kappa shape index (κ2) is 16.3. The summed E-state index contributed by atoms with van der Waals surface area (Å²) < 4.78 is 12.4. The Balaban J connectivity index is 0.00000182. The predicted octanol–water partition coefficient (Wildman–Crippen LogP) is 11.2. The molecule has 12 atom stereocenters. The van der Waals surface area contributed by atoms with Gasteiger partial charge in [0.15, 0.2) is 0 Å². The van der Waals surface area contributed by atoms with Crippen molar-refractivity contribution in [3.05, 3.63) is 35.9 Å². The van der Waals surface area contributed by atoms with E-state index in [4.69, 9.17) is 19.1 Å². The number of carbonyl (C=O) groups is 3. The Hall–Kier alpha value is -3.19. The topological polar surface area (TPSA) is 110 Å². The van der Waals surface area contributed by atoms with Gasteiger partial charge in [0, 0.05) is 31.6 Å². The van der Waals surface area contributed by atoms with Gasteiger partial charge in [0.2, 0.25) is 5.91 Å². The smallest absolute Gasteiger partial charge is 0.410 e. The van der Waals surface area contributed by atoms with Gasteiger partial charge in [-0.1, -0.05) is 85.7 Å². The van der Waals surface area contributed by atoms with Crippen LogP contribution in [-0.2, 0) is 35.1 Å². The van der Waals surface area contributed by atoms with E-state index in [1.165, 1.54) is 50.5 Å². The maximum atomic E-state index is 15.3. The molecule has 1 aromatic rings. The van der Waals surface area contributed by atoms with Crippen molar-refractivity contribution in [1.29, 1.82) is 0 Å². The van der Waals surface area contributed by atoms with Crippen LogP contribution in [0.15, 0.2) is 30.3 Å². The molecule has 9 nitrogen and oxygen atoms in total. The molecule has 0 unspecified atom stereocenters. The molecule has 1 heterocycles. The van der Waals surface area contributed by atoms with Gasteiger partial charge in [-0.15, -0.1) is 0 Å². The van der Waals surface area contributed by atoms with Crippen molar-refractivity contribution in [1.82, 2.24) is 9.80 Å². The summed E-state index contributed by atoms with van der Waals surface area (Å²) in [4.78, 5) is 62.5. The first-order chi connectivity index (χ1) is 29.9. The number of carbonyl (C=O) groups excluding carboxylic acids is 5. The van der Waals surface area contributed by atoms with Crippen LogP contribution in [0.5, 0.6) is 0 Å². The number of rotatable bonds is 6. The van der Waals surface area contributed by atoms with Crippen molar-refractivity contribution in [2.75, 3.05) is 26.2 Å². The quantitative estimate of drug-likeness (QED) is 0.262. The number of fused-ring (bicyclic) bond motifs is 7. The molecular formula is C55H82N2O7. The maximum Gasteiger partial charge on any atom is 0.410 e. The summed E-state index contributed by atoms with van der Waals surface area (Å²) in [5.41, 5.74) is 1.36. The van der Waals surface area contributed by atoms with Crippen molar-refractivity contribution in [2.24, 2.45) is 79.3 Å². The molecule has 0 aromatic heterocycles. The average molecular weight is 883 g/mol. The van der Waals surface area contributed by atoms with Crippen LogP contribution in [0.3, 0.4) is 0 Å². The number of ether oxygens (including phenoxy) is 2. The van der Waals surface area contributed by atoms with E-state index in [0.29, 0.717) is 73.0 Å². The minimum absolute atomic E-state index is 0.0281. The lowest BCUT2D eigenvalue weighted by Crippen LogP contribution is -2.68. The first-order valence-corrected chi connectivity index (χ1v) is 25.4. The standard InChI is InChI=1S/C54H82N2O5.CO2/c1-47(2,3)61-46(59)56-31-29-55(30-32-56)45(58)54-24-19-37(50(8)25-26-50)43(54)38-17-18-41-51(9)22-21-42(49(6,7)40(51)20-23-53(41,11)52(38,10)27-28-54)60-44(57)39-34-36(48(39,4)5)33-35-15-13-12-14-16-35;2-1-3/h12-16,36-43H,17-34H2,1-11H3;/t36-,37-,38-,39-,40+,41-,42+,43-,51+,52-,53-,54+;/m1./s1. The highest BCUT2D eigenvalue weighted by Crippen LogP contribution is 2.79. The van der Waals surface area contributed by atoms with Crippen LogP contribution in [0.4, 0.5) is 4.79 Å². The van der Waals surface area contributed by atoms with E-state index in [9.17, 15) is 9.59 Å². The summed E-state index contributed by atoms with van der Waals surface area (Å²) in [5.74, 6) is 3.68. The highest BCUT2D eigenvalue weighted by Gasteiger charge is 2.74. The van der Waals surface area contributed by atoms with E-state index in [1.54, 1.807) is 4.90 Å². The van der Waals surface area contributed by atoms with Gasteiger partial charge in [0.1, 0.15) is 11.7 Å². The summed E-state index contributed by atoms with van der Waals surface area (Å²) in [7, 11) is 0. The molecule has 9 rings (SSSR count). The van der Waals surface area contributed by atoms with Crippen molar-refractivity contribution in [3.63, 3.8) is 0 Å². The van der Waals surface area contributed by atoms with Gasteiger partial charge in [0.05, 0.1) is 11.3 Å². The van der Waals surface area contributed by atoms with Gasteiger partial charge in [-0.25, -0.2) is 4.79 Å². The summed E-state index contributed by atoms with van der Waals surface area (Å²) in [5, 5.41) is 0. The van der Waals surface area contributed by atoms with Crippen LogP contribution in [0, 0.1) is 79.3 Å². The normalized spacial score (nSPS) is 41.2. The average Bonchev–Trinajstić information content (AvgIpc) is 3.85. The minimum atomic E-state index is -0.528. The lowest BCUT2D eigenvalue weighted by Gasteiger charge is -2.73. The van der Waals surface area contributed by atoms with Gasteiger partial charge in [-0.05, 0) is 179 Å². The van der Waals surface area contributed by atoms with E-state index >= 15 is 4.79 Å². The molecule has 8 fully saturated rings. The molecule has 0 spiro atoms. The molecule has 9 heteroatoms. The molecule has 2 amide bonds. The van der Waals surface area contributed by atoms with Crippen molar-refractivity contribution in [3.8, 4) is 0 Å². The third kappa shape index (κ3) is 7.51. The number of piperazine rings is 1. The van der Waals surface area contributed by atoms with Crippen LogP contribution in [0.2, 0.25) is 0 Å². The molecule has 7 saturated carbocycles. The zero-order valence-electron chi connectivity index (χ0n) is 41.5. The SMILES string of the molecule is CC(C)(C)OC(=O)N1CCN(C(=O)[C@]23CC[C@@H](C4(C)CC4)[C@@H]2[C@H]2CC[C@@H]4[C@@]5(C)CC[C@H](OC(=O)[C@H]6C[C@@H](Cc7ccccc7)C6(C)C)C(C)(C)[C@@H]5CC[C@@]4(C)[C@]2(C)CC3)CC1.O=C=O. The maximum absolute atomic E-state index is 15.3. The Labute approximate surface area is 385 Å². The molecule has 64 heavy (non-hydrogen) atoms. The second-order valence-corrected chi connectivity index (χ2v) is 25.8. The highest BCUT2D eigenvalue weighted by molar-refractivity contribution is 5.84. The van der Waals surface area contributed by atoms with Crippen molar-refractivity contribution in [2.45, 2.75) is 178 Å². The number of hydrogen-bond acceptors (Lipinski definition) is 7. The zero-order valence-corrected chi connectivity index (χ0v) is 41.5. The monoisotopic (exact) mass is 883 g/mol. The molecule has 1 saturated heterocycles. The van der Waals surface area contributed by atoms with Crippen molar-refractivity contribution < 1.29 is 33.4 Å². The molecular weight excluding hydrogens is 801 g/mol. The van der Waals surface area contributed by atoms with Gasteiger partial charge in [-0.3, -0.25) is 9.59 Å². The molecule has 1 aromatic carbocycles. The Bertz CT molecular complexity index is 1970. The molecule has 1 aliphatic heterocycles. The van der Waals surface area contributed by atoms with E-state index in [0.717, 1.165) is 44.9 Å². The lowest BCUT2D eigenvalue weighted by molar-refractivity contribution is -0.253. The number of amides is 2. The molecule has 0 bridgehead atoms. The van der Waals surface area contributed by atoms with Gasteiger partial charge >= 0.3 is 18.2 Å². The van der Waals surface area contributed by atoms with E-state index in [-0.39, 0.29) is 62.7 Å². The fourth-order valence-corrected chi connectivity index (χ4v) is 17.1. The molecule has 0 N–H and O–H groups in total. The van der Waals surface area contributed by atoms with E-state index in [2.05, 4.69) is 90.6 Å². The van der Waals surface area contributed by atoms with Crippen LogP contribution < -0.4 is 0 Å². The van der Waals surface area contributed by atoms with E-state index < -0.39 is 5.60 Å². The second-order valence-electron chi connectivity index (χ2n) is 25.8. The number of benzene rings is 1. The lowest BCUT2D eigenvalue weighted by atomic mass is 9.32. The third-order valence-corrected chi connectivity index (χ3v) is 21.3. The zero-order chi connectivity index (χ0) is 46.5. The largest absolute Gasteiger partial charge is 0.462 e. The highest BCUT2D eigenvalue weighted by atomic mass is 16.6. The van der Waals surface area contributed by atoms with Crippen LogP contribution in [0.25, 0.3) is 0 Å². The van der Waals surface area contributed by atoms with Crippen LogP contribution >= 0.6 is 0 Å². The van der Waals surface area contributed by atoms with Crippen LogP contribution in [0.1, 0.15) is 165 Å². The Morgan fingerprint density at radius 1 is 0.688 bits per heavy atom. The molecule has 8 aliphatic rings. The fourth-order valence-electron chi connectivity index (χ4n) is 17.1. The number of esters is 1. The Morgan fingerprint density at radius 3 is 1.94 bits per heavy atom. The molecule has 0 radical (unpaired) electrons.